The summed E-state index contributed by atoms with van der Waals surface area (Å²) in [6.45, 7) is 1.58. The Labute approximate surface area is 84.2 Å². The van der Waals surface area contributed by atoms with Crippen molar-refractivity contribution < 1.29 is 9.47 Å². The van der Waals surface area contributed by atoms with Crippen LogP contribution in [-0.4, -0.2) is 20.3 Å². The van der Waals surface area contributed by atoms with Gasteiger partial charge in [0.2, 0.25) is 0 Å². The lowest BCUT2D eigenvalue weighted by atomic mass is 10.0. The first-order valence-corrected chi connectivity index (χ1v) is 4.81. The predicted octanol–water partition coefficient (Wildman–Crippen LogP) is 2.50. The van der Waals surface area contributed by atoms with Crippen molar-refractivity contribution in [2.45, 2.75) is 6.42 Å². The molecule has 0 bridgehead atoms. The van der Waals surface area contributed by atoms with Gasteiger partial charge >= 0.3 is 0 Å². The lowest BCUT2D eigenvalue weighted by Crippen LogP contribution is -2.04. The van der Waals surface area contributed by atoms with Gasteiger partial charge in [-0.1, -0.05) is 18.2 Å². The van der Waals surface area contributed by atoms with Crippen molar-refractivity contribution in [3.8, 4) is 5.75 Å². The smallest absolute Gasteiger partial charge is 0.118 e. The van der Waals surface area contributed by atoms with Crippen LogP contribution in [0.4, 0.5) is 0 Å². The molecule has 0 saturated heterocycles. The molecule has 0 N–H and O–H groups in total. The molecule has 1 heterocycles. The van der Waals surface area contributed by atoms with E-state index in [1.165, 1.54) is 11.1 Å². The molecule has 0 atom stereocenters. The van der Waals surface area contributed by atoms with Crippen LogP contribution in [0.2, 0.25) is 0 Å². The molecule has 0 aliphatic carbocycles. The Morgan fingerprint density at radius 3 is 2.57 bits per heavy atom. The quantitative estimate of drug-likeness (QED) is 0.713. The third-order valence-electron chi connectivity index (χ3n) is 2.37. The molecule has 0 fully saturated rings. The lowest BCUT2D eigenvalue weighted by Gasteiger charge is -2.13. The van der Waals surface area contributed by atoms with E-state index in [1.807, 2.05) is 12.1 Å². The Balaban J connectivity index is 2.19. The molecule has 0 aromatic heterocycles. The van der Waals surface area contributed by atoms with E-state index >= 15 is 0 Å². The van der Waals surface area contributed by atoms with Gasteiger partial charge in [0.1, 0.15) is 5.75 Å². The molecular weight excluding hydrogens is 176 g/mol. The number of ether oxygens (including phenoxy) is 2. The summed E-state index contributed by atoms with van der Waals surface area (Å²) in [5.74, 6) is 0.895. The van der Waals surface area contributed by atoms with Crippen LogP contribution in [-0.2, 0) is 4.74 Å². The molecule has 74 valence electrons. The van der Waals surface area contributed by atoms with E-state index in [2.05, 4.69) is 18.2 Å². The summed E-state index contributed by atoms with van der Waals surface area (Å²) in [6.07, 6.45) is 3.26. The van der Waals surface area contributed by atoms with Crippen LogP contribution >= 0.6 is 0 Å². The highest BCUT2D eigenvalue weighted by Gasteiger charge is 2.05. The zero-order valence-corrected chi connectivity index (χ0v) is 8.32. The minimum absolute atomic E-state index is 0.729. The first kappa shape index (κ1) is 9.28. The first-order chi connectivity index (χ1) is 6.90. The standard InChI is InChI=1S/C12H14O2/c1-13-12-6-4-10(5-7-12)11-3-2-8-14-9-11/h3-7H,2,8-9H2,1H3. The third-order valence-corrected chi connectivity index (χ3v) is 2.37. The molecule has 1 aromatic rings. The van der Waals surface area contributed by atoms with E-state index in [9.17, 15) is 0 Å². The zero-order chi connectivity index (χ0) is 9.80. The molecule has 0 spiro atoms. The monoisotopic (exact) mass is 190 g/mol. The highest BCUT2D eigenvalue weighted by atomic mass is 16.5. The molecule has 14 heavy (non-hydrogen) atoms. The Kier molecular flexibility index (Phi) is 2.84. The average molecular weight is 190 g/mol. The lowest BCUT2D eigenvalue weighted by molar-refractivity contribution is 0.164. The molecule has 2 heteroatoms. The second-order valence-corrected chi connectivity index (χ2v) is 3.30. The van der Waals surface area contributed by atoms with E-state index in [1.54, 1.807) is 7.11 Å². The van der Waals surface area contributed by atoms with E-state index < -0.39 is 0 Å². The number of hydrogen-bond donors (Lipinski definition) is 0. The van der Waals surface area contributed by atoms with Crippen molar-refractivity contribution in [2.24, 2.45) is 0 Å². The predicted molar refractivity (Wildman–Crippen MR) is 56.4 cm³/mol. The van der Waals surface area contributed by atoms with Crippen LogP contribution in [0.15, 0.2) is 30.3 Å². The van der Waals surface area contributed by atoms with Gasteiger partial charge in [0.25, 0.3) is 0 Å². The summed E-state index contributed by atoms with van der Waals surface area (Å²) in [5, 5.41) is 0. The summed E-state index contributed by atoms with van der Waals surface area (Å²) in [7, 11) is 1.68. The molecule has 2 nitrogen and oxygen atoms in total. The normalized spacial score (nSPS) is 16.2. The molecule has 1 aliphatic rings. The maximum atomic E-state index is 5.39. The summed E-state index contributed by atoms with van der Waals surface area (Å²) >= 11 is 0. The topological polar surface area (TPSA) is 18.5 Å². The molecule has 1 aliphatic heterocycles. The number of hydrogen-bond acceptors (Lipinski definition) is 2. The maximum Gasteiger partial charge on any atom is 0.118 e. The van der Waals surface area contributed by atoms with Gasteiger partial charge in [-0.15, -0.1) is 0 Å². The largest absolute Gasteiger partial charge is 0.497 e. The molecular formula is C12H14O2. The van der Waals surface area contributed by atoms with Crippen molar-refractivity contribution in [2.75, 3.05) is 20.3 Å². The summed E-state index contributed by atoms with van der Waals surface area (Å²) in [5.41, 5.74) is 2.50. The van der Waals surface area contributed by atoms with Crippen LogP contribution in [0, 0.1) is 0 Å². The van der Waals surface area contributed by atoms with E-state index in [0.717, 1.165) is 25.4 Å². The Morgan fingerprint density at radius 2 is 2.00 bits per heavy atom. The number of rotatable bonds is 2. The fraction of sp³-hybridized carbons (Fsp3) is 0.333. The maximum absolute atomic E-state index is 5.39. The van der Waals surface area contributed by atoms with E-state index in [-0.39, 0.29) is 0 Å². The van der Waals surface area contributed by atoms with Crippen LogP contribution in [0.3, 0.4) is 0 Å². The summed E-state index contributed by atoms with van der Waals surface area (Å²) < 4.78 is 10.5. The molecule has 2 rings (SSSR count). The van der Waals surface area contributed by atoms with E-state index in [0.29, 0.717) is 0 Å². The number of benzene rings is 1. The van der Waals surface area contributed by atoms with Crippen molar-refractivity contribution >= 4 is 5.57 Å². The minimum atomic E-state index is 0.729. The highest BCUT2D eigenvalue weighted by Crippen LogP contribution is 2.21. The van der Waals surface area contributed by atoms with Gasteiger partial charge in [0.15, 0.2) is 0 Å². The summed E-state index contributed by atoms with van der Waals surface area (Å²) in [4.78, 5) is 0. The van der Waals surface area contributed by atoms with Crippen molar-refractivity contribution in [3.05, 3.63) is 35.9 Å². The summed E-state index contributed by atoms with van der Waals surface area (Å²) in [6, 6.07) is 8.09. The third kappa shape index (κ3) is 1.96. The highest BCUT2D eigenvalue weighted by molar-refractivity contribution is 5.67. The second-order valence-electron chi connectivity index (χ2n) is 3.30. The van der Waals surface area contributed by atoms with E-state index in [4.69, 9.17) is 9.47 Å². The molecule has 0 saturated carbocycles. The van der Waals surface area contributed by atoms with Gasteiger partial charge in [-0.25, -0.2) is 0 Å². The molecule has 0 unspecified atom stereocenters. The molecule has 0 radical (unpaired) electrons. The average Bonchev–Trinajstić information content (AvgIpc) is 2.30. The van der Waals surface area contributed by atoms with Crippen molar-refractivity contribution in [1.82, 2.24) is 0 Å². The Bertz CT molecular complexity index is 325. The van der Waals surface area contributed by atoms with Gasteiger partial charge in [-0.3, -0.25) is 0 Å². The number of methoxy groups -OCH3 is 1. The molecule has 0 amide bonds. The van der Waals surface area contributed by atoms with Crippen LogP contribution < -0.4 is 4.74 Å². The van der Waals surface area contributed by atoms with Gasteiger partial charge in [0, 0.05) is 0 Å². The van der Waals surface area contributed by atoms with Gasteiger partial charge in [0.05, 0.1) is 20.3 Å². The van der Waals surface area contributed by atoms with Crippen LogP contribution in [0.25, 0.3) is 5.57 Å². The first-order valence-electron chi connectivity index (χ1n) is 4.81. The SMILES string of the molecule is COc1ccc(C2=CCCOC2)cc1. The fourth-order valence-electron chi connectivity index (χ4n) is 1.56. The van der Waals surface area contributed by atoms with Crippen molar-refractivity contribution in [1.29, 1.82) is 0 Å². The van der Waals surface area contributed by atoms with Gasteiger partial charge < -0.3 is 9.47 Å². The van der Waals surface area contributed by atoms with Gasteiger partial charge in [-0.05, 0) is 29.7 Å². The minimum Gasteiger partial charge on any atom is -0.497 e. The zero-order valence-electron chi connectivity index (χ0n) is 8.32. The van der Waals surface area contributed by atoms with Gasteiger partial charge in [-0.2, -0.15) is 0 Å². The molecule has 1 aromatic carbocycles. The Morgan fingerprint density at radius 1 is 1.21 bits per heavy atom. The van der Waals surface area contributed by atoms with Crippen LogP contribution in [0.5, 0.6) is 5.75 Å². The fourth-order valence-corrected chi connectivity index (χ4v) is 1.56. The van der Waals surface area contributed by atoms with Crippen molar-refractivity contribution in [3.63, 3.8) is 0 Å². The van der Waals surface area contributed by atoms with Crippen LogP contribution in [0.1, 0.15) is 12.0 Å². The Hall–Kier alpha value is -1.28. The second kappa shape index (κ2) is 4.29.